The maximum Gasteiger partial charge on any atom is 0.416 e. The molecule has 1 aliphatic rings. The normalized spacial score (nSPS) is 14.5. The number of alkyl halides is 3. The number of thiazole rings is 1. The summed E-state index contributed by atoms with van der Waals surface area (Å²) < 4.78 is 46.3. The van der Waals surface area contributed by atoms with Crippen LogP contribution in [-0.2, 0) is 6.18 Å². The number of likely N-dealkylation sites (tertiary alicyclic amines) is 1. The van der Waals surface area contributed by atoms with Gasteiger partial charge < -0.3 is 15.8 Å². The Kier molecular flexibility index (Phi) is 8.55. The van der Waals surface area contributed by atoms with Gasteiger partial charge in [-0.3, -0.25) is 19.7 Å². The van der Waals surface area contributed by atoms with Crippen molar-refractivity contribution >= 4 is 34.3 Å². The lowest BCUT2D eigenvalue weighted by molar-refractivity contribution is -0.137. The molecule has 0 aliphatic carbocycles. The van der Waals surface area contributed by atoms with Gasteiger partial charge >= 0.3 is 6.18 Å². The van der Waals surface area contributed by atoms with Gasteiger partial charge in [-0.15, -0.1) is 11.3 Å². The molecule has 12 heteroatoms. The molecule has 38 heavy (non-hydrogen) atoms. The minimum Gasteiger partial charge on any atom is -0.492 e. The van der Waals surface area contributed by atoms with Gasteiger partial charge in [-0.1, -0.05) is 6.07 Å². The molecular formula is C26H29F3N6O2S. The van der Waals surface area contributed by atoms with E-state index in [0.29, 0.717) is 17.9 Å². The Balaban J connectivity index is 1.51. The molecule has 2 aromatic carbocycles. The lowest BCUT2D eigenvalue weighted by Crippen LogP contribution is -2.27. The van der Waals surface area contributed by atoms with E-state index in [-0.39, 0.29) is 23.6 Å². The Morgan fingerprint density at radius 3 is 2.68 bits per heavy atom. The van der Waals surface area contributed by atoms with Gasteiger partial charge in [-0.05, 0) is 62.7 Å². The highest BCUT2D eigenvalue weighted by Crippen LogP contribution is 2.34. The minimum absolute atomic E-state index is 0.0259. The molecule has 8 nitrogen and oxygen atoms in total. The van der Waals surface area contributed by atoms with Gasteiger partial charge in [0.05, 0.1) is 27.3 Å². The summed E-state index contributed by atoms with van der Waals surface area (Å²) in [6.07, 6.45) is 0.738. The number of nitrogens with two attached hydrogens (primary N) is 2. The van der Waals surface area contributed by atoms with Crippen LogP contribution in [0.25, 0.3) is 5.70 Å². The molecule has 1 saturated heterocycles. The van der Waals surface area contributed by atoms with E-state index in [1.54, 1.807) is 29.9 Å². The Morgan fingerprint density at radius 2 is 2.00 bits per heavy atom. The first-order valence-electron chi connectivity index (χ1n) is 12.0. The number of benzene rings is 2. The SMILES string of the molecule is Cc1ccc(C(=O)Nc2cc(OCCN3CCCC3)cc(C(F)(F)F)c2)cc1N(N)/C=C(\N)c1cncs1. The third-order valence-corrected chi connectivity index (χ3v) is 6.93. The van der Waals surface area contributed by atoms with Crippen molar-refractivity contribution in [1.82, 2.24) is 9.88 Å². The number of aromatic nitrogens is 1. The summed E-state index contributed by atoms with van der Waals surface area (Å²) in [5.41, 5.74) is 8.66. The van der Waals surface area contributed by atoms with Crippen LogP contribution >= 0.6 is 11.3 Å². The number of halogens is 3. The lowest BCUT2D eigenvalue weighted by atomic mass is 10.1. The van der Waals surface area contributed by atoms with Crippen molar-refractivity contribution in [2.45, 2.75) is 25.9 Å². The predicted octanol–water partition coefficient (Wildman–Crippen LogP) is 4.83. The molecule has 1 aliphatic heterocycles. The van der Waals surface area contributed by atoms with Crippen LogP contribution in [0.4, 0.5) is 24.5 Å². The number of hydrazine groups is 1. The van der Waals surface area contributed by atoms with Gasteiger partial charge in [-0.2, -0.15) is 13.2 Å². The fourth-order valence-electron chi connectivity index (χ4n) is 4.09. The minimum atomic E-state index is -4.60. The predicted molar refractivity (Wildman–Crippen MR) is 143 cm³/mol. The van der Waals surface area contributed by atoms with E-state index < -0.39 is 17.6 Å². The number of hydrogen-bond acceptors (Lipinski definition) is 8. The molecule has 0 bridgehead atoms. The van der Waals surface area contributed by atoms with Crippen LogP contribution in [-0.4, -0.2) is 42.0 Å². The lowest BCUT2D eigenvalue weighted by Gasteiger charge is -2.19. The van der Waals surface area contributed by atoms with E-state index in [4.69, 9.17) is 16.3 Å². The fourth-order valence-corrected chi connectivity index (χ4v) is 4.64. The van der Waals surface area contributed by atoms with Crippen molar-refractivity contribution in [1.29, 1.82) is 0 Å². The number of rotatable bonds is 9. The standard InChI is InChI=1S/C26H29F3N6O2S/c1-17-4-5-18(10-23(17)35(31)15-22(30)24-14-32-16-38-24)25(36)33-20-11-19(26(27,28)29)12-21(13-20)37-9-8-34-6-2-3-7-34/h4-5,10-16H,2-3,6-9,30-31H2,1H3,(H,33,36)/b22-15-. The second-order valence-corrected chi connectivity index (χ2v) is 9.84. The van der Waals surface area contributed by atoms with Gasteiger partial charge in [0.2, 0.25) is 0 Å². The van der Waals surface area contributed by atoms with Crippen molar-refractivity contribution in [3.8, 4) is 5.75 Å². The van der Waals surface area contributed by atoms with Gasteiger partial charge in [0.15, 0.2) is 0 Å². The molecule has 1 aromatic heterocycles. The third-order valence-electron chi connectivity index (χ3n) is 6.11. The van der Waals surface area contributed by atoms with Crippen LogP contribution < -0.4 is 26.6 Å². The molecule has 0 radical (unpaired) electrons. The zero-order chi connectivity index (χ0) is 27.3. The van der Waals surface area contributed by atoms with Crippen molar-refractivity contribution in [2.75, 3.05) is 36.6 Å². The van der Waals surface area contributed by atoms with E-state index in [1.807, 2.05) is 6.92 Å². The van der Waals surface area contributed by atoms with E-state index in [2.05, 4.69) is 15.2 Å². The third kappa shape index (κ3) is 7.03. The highest BCUT2D eigenvalue weighted by Gasteiger charge is 2.32. The molecule has 0 atom stereocenters. The number of hydrogen-bond donors (Lipinski definition) is 3. The summed E-state index contributed by atoms with van der Waals surface area (Å²) in [5.74, 6) is 5.63. The van der Waals surface area contributed by atoms with Gasteiger partial charge in [0.25, 0.3) is 5.91 Å². The largest absolute Gasteiger partial charge is 0.492 e. The smallest absolute Gasteiger partial charge is 0.416 e. The molecule has 0 unspecified atom stereocenters. The molecule has 1 fully saturated rings. The van der Waals surface area contributed by atoms with Gasteiger partial charge in [0.1, 0.15) is 12.4 Å². The van der Waals surface area contributed by atoms with E-state index >= 15 is 0 Å². The number of aryl methyl sites for hydroxylation is 1. The molecule has 2 heterocycles. The summed E-state index contributed by atoms with van der Waals surface area (Å²) in [7, 11) is 0. The highest BCUT2D eigenvalue weighted by atomic mass is 32.1. The van der Waals surface area contributed by atoms with Gasteiger partial charge in [-0.25, -0.2) is 5.84 Å². The Bertz CT molecular complexity index is 1290. The van der Waals surface area contributed by atoms with Crippen molar-refractivity contribution in [3.63, 3.8) is 0 Å². The highest BCUT2D eigenvalue weighted by molar-refractivity contribution is 7.10. The molecule has 0 saturated carbocycles. The molecule has 0 spiro atoms. The molecular weight excluding hydrogens is 517 g/mol. The van der Waals surface area contributed by atoms with Crippen LogP contribution in [0, 0.1) is 6.92 Å². The zero-order valence-corrected chi connectivity index (χ0v) is 21.6. The van der Waals surface area contributed by atoms with Crippen LogP contribution in [0.2, 0.25) is 0 Å². The summed E-state index contributed by atoms with van der Waals surface area (Å²) in [6.45, 7) is 4.60. The van der Waals surface area contributed by atoms with Crippen LogP contribution in [0.5, 0.6) is 5.75 Å². The second kappa shape index (κ2) is 11.8. The van der Waals surface area contributed by atoms with E-state index in [1.165, 1.54) is 28.6 Å². The maximum absolute atomic E-state index is 13.6. The maximum atomic E-state index is 13.6. The quantitative estimate of drug-likeness (QED) is 0.260. The van der Waals surface area contributed by atoms with Crippen LogP contribution in [0.1, 0.15) is 39.2 Å². The molecule has 5 N–H and O–H groups in total. The number of nitrogens with zero attached hydrogens (tertiary/aromatic N) is 3. The topological polar surface area (TPSA) is 110 Å². The van der Waals surface area contributed by atoms with Crippen molar-refractivity contribution in [3.05, 3.63) is 75.9 Å². The summed E-state index contributed by atoms with van der Waals surface area (Å²) in [6, 6.07) is 8.02. The van der Waals surface area contributed by atoms with Crippen molar-refractivity contribution in [2.24, 2.45) is 11.6 Å². The number of ether oxygens (including phenoxy) is 1. The molecule has 202 valence electrons. The van der Waals surface area contributed by atoms with E-state index in [0.717, 1.165) is 48.5 Å². The van der Waals surface area contributed by atoms with Crippen molar-refractivity contribution < 1.29 is 22.7 Å². The number of carbonyl (C=O) groups is 1. The summed E-state index contributed by atoms with van der Waals surface area (Å²) in [5, 5.41) is 3.85. The van der Waals surface area contributed by atoms with E-state index in [9.17, 15) is 18.0 Å². The number of anilines is 2. The molecule has 3 aromatic rings. The van der Waals surface area contributed by atoms with Crippen LogP contribution in [0.3, 0.4) is 0 Å². The molecule has 4 rings (SSSR count). The number of carbonyl (C=O) groups excluding carboxylic acids is 1. The zero-order valence-electron chi connectivity index (χ0n) is 20.8. The van der Waals surface area contributed by atoms with Crippen LogP contribution in [0.15, 0.2) is 54.3 Å². The fraction of sp³-hybridized carbons (Fsp3) is 0.308. The first kappa shape index (κ1) is 27.4. The first-order chi connectivity index (χ1) is 18.1. The Morgan fingerprint density at radius 1 is 1.24 bits per heavy atom. The van der Waals surface area contributed by atoms with Gasteiger partial charge in [0, 0.05) is 36.3 Å². The average Bonchev–Trinajstić information content (AvgIpc) is 3.58. The summed E-state index contributed by atoms with van der Waals surface area (Å²) in [4.78, 5) is 19.9. The monoisotopic (exact) mass is 546 g/mol. The number of nitrogens with one attached hydrogen (secondary N) is 1. The Labute approximate surface area is 222 Å². The Hall–Kier alpha value is -3.61. The second-order valence-electron chi connectivity index (χ2n) is 8.95. The summed E-state index contributed by atoms with van der Waals surface area (Å²) >= 11 is 1.35. The average molecular weight is 547 g/mol. The molecule has 1 amide bonds. The number of amides is 1. The first-order valence-corrected chi connectivity index (χ1v) is 12.9.